The highest BCUT2D eigenvalue weighted by Crippen LogP contribution is 2.35. The number of aryl methyl sites for hydroxylation is 2. The van der Waals surface area contributed by atoms with E-state index in [0.29, 0.717) is 32.6 Å². The fraction of sp³-hybridized carbons (Fsp3) is 0.0833. The van der Waals surface area contributed by atoms with E-state index in [9.17, 15) is 9.59 Å². The van der Waals surface area contributed by atoms with Crippen LogP contribution in [-0.4, -0.2) is 11.8 Å². The summed E-state index contributed by atoms with van der Waals surface area (Å²) < 4.78 is 0. The molecule has 30 heavy (non-hydrogen) atoms. The molecular formula is C24H18Cl2N2O2. The topological polar surface area (TPSA) is 49.4 Å². The molecule has 0 unspecified atom stereocenters. The Morgan fingerprint density at radius 3 is 2.03 bits per heavy atom. The van der Waals surface area contributed by atoms with Crippen molar-refractivity contribution in [3.63, 3.8) is 0 Å². The molecule has 1 aliphatic heterocycles. The first-order valence-electron chi connectivity index (χ1n) is 9.34. The van der Waals surface area contributed by atoms with Gasteiger partial charge in [0.05, 0.1) is 11.3 Å². The van der Waals surface area contributed by atoms with Gasteiger partial charge in [-0.2, -0.15) is 0 Å². The van der Waals surface area contributed by atoms with Gasteiger partial charge in [0.1, 0.15) is 5.70 Å². The first-order chi connectivity index (χ1) is 14.3. The molecule has 1 heterocycles. The summed E-state index contributed by atoms with van der Waals surface area (Å²) in [5, 5.41) is 4.30. The molecule has 0 atom stereocenters. The first kappa shape index (κ1) is 20.2. The number of carbonyl (C=O) groups is 2. The molecule has 0 bridgehead atoms. The van der Waals surface area contributed by atoms with E-state index in [1.54, 1.807) is 42.5 Å². The maximum absolute atomic E-state index is 13.4. The van der Waals surface area contributed by atoms with E-state index in [1.807, 2.05) is 38.1 Å². The minimum absolute atomic E-state index is 0.226. The summed E-state index contributed by atoms with van der Waals surface area (Å²) in [7, 11) is 0. The number of benzene rings is 3. The van der Waals surface area contributed by atoms with Crippen molar-refractivity contribution in [3.8, 4) is 0 Å². The average Bonchev–Trinajstić information content (AvgIpc) is 2.95. The van der Waals surface area contributed by atoms with Gasteiger partial charge < -0.3 is 5.32 Å². The van der Waals surface area contributed by atoms with Gasteiger partial charge in [-0.3, -0.25) is 9.59 Å². The molecule has 0 saturated carbocycles. The summed E-state index contributed by atoms with van der Waals surface area (Å²) in [6.45, 7) is 3.86. The van der Waals surface area contributed by atoms with Crippen LogP contribution in [0.3, 0.4) is 0 Å². The van der Waals surface area contributed by atoms with E-state index >= 15 is 0 Å². The van der Waals surface area contributed by atoms with Gasteiger partial charge in [-0.05, 0) is 67.4 Å². The van der Waals surface area contributed by atoms with Crippen LogP contribution in [0, 0.1) is 13.8 Å². The van der Waals surface area contributed by atoms with E-state index in [2.05, 4.69) is 5.32 Å². The highest BCUT2D eigenvalue weighted by atomic mass is 35.5. The van der Waals surface area contributed by atoms with Crippen LogP contribution in [0.5, 0.6) is 0 Å². The number of imide groups is 1. The summed E-state index contributed by atoms with van der Waals surface area (Å²) in [4.78, 5) is 27.9. The van der Waals surface area contributed by atoms with Crippen LogP contribution in [0.25, 0.3) is 5.57 Å². The van der Waals surface area contributed by atoms with Crippen LogP contribution in [-0.2, 0) is 9.59 Å². The molecule has 3 aromatic carbocycles. The zero-order valence-corrected chi connectivity index (χ0v) is 17.9. The molecule has 1 N–H and O–H groups in total. The number of amides is 2. The third-order valence-electron chi connectivity index (χ3n) is 4.96. The smallest absolute Gasteiger partial charge is 0.282 e. The molecule has 0 fully saturated rings. The van der Waals surface area contributed by atoms with Crippen molar-refractivity contribution in [2.24, 2.45) is 0 Å². The Morgan fingerprint density at radius 1 is 0.767 bits per heavy atom. The monoisotopic (exact) mass is 436 g/mol. The average molecular weight is 437 g/mol. The van der Waals surface area contributed by atoms with Gasteiger partial charge in [0, 0.05) is 15.7 Å². The van der Waals surface area contributed by atoms with Crippen LogP contribution >= 0.6 is 23.2 Å². The second-order valence-corrected chi connectivity index (χ2v) is 8.00. The number of rotatable bonds is 4. The maximum Gasteiger partial charge on any atom is 0.282 e. The number of nitrogens with one attached hydrogen (secondary N) is 1. The van der Waals surface area contributed by atoms with Crippen LogP contribution in [0.1, 0.15) is 16.7 Å². The van der Waals surface area contributed by atoms with Gasteiger partial charge in [0.15, 0.2) is 0 Å². The Morgan fingerprint density at radius 2 is 1.40 bits per heavy atom. The van der Waals surface area contributed by atoms with E-state index < -0.39 is 5.91 Å². The zero-order chi connectivity index (χ0) is 21.4. The molecule has 4 nitrogen and oxygen atoms in total. The quantitative estimate of drug-likeness (QED) is 0.509. The van der Waals surface area contributed by atoms with Crippen molar-refractivity contribution >= 4 is 52.0 Å². The summed E-state index contributed by atoms with van der Waals surface area (Å²) in [5.41, 5.74) is 4.32. The Kier molecular flexibility index (Phi) is 5.37. The molecule has 150 valence electrons. The highest BCUT2D eigenvalue weighted by molar-refractivity contribution is 6.46. The van der Waals surface area contributed by atoms with Crippen LogP contribution in [0.15, 0.2) is 72.4 Å². The maximum atomic E-state index is 13.4. The molecule has 6 heteroatoms. The van der Waals surface area contributed by atoms with Gasteiger partial charge >= 0.3 is 0 Å². The van der Waals surface area contributed by atoms with Gasteiger partial charge in [0.2, 0.25) is 0 Å². The predicted molar refractivity (Wildman–Crippen MR) is 122 cm³/mol. The Bertz CT molecular complexity index is 1180. The van der Waals surface area contributed by atoms with Crippen molar-refractivity contribution in [2.75, 3.05) is 10.2 Å². The van der Waals surface area contributed by atoms with Crippen molar-refractivity contribution in [1.82, 2.24) is 0 Å². The Hall–Kier alpha value is -3.08. The lowest BCUT2D eigenvalue weighted by atomic mass is 10.0. The summed E-state index contributed by atoms with van der Waals surface area (Å²) in [6.07, 6.45) is 0. The molecule has 0 spiro atoms. The minimum Gasteiger partial charge on any atom is -0.350 e. The molecule has 3 aromatic rings. The van der Waals surface area contributed by atoms with Crippen molar-refractivity contribution in [2.45, 2.75) is 13.8 Å². The van der Waals surface area contributed by atoms with Gasteiger partial charge in [0.25, 0.3) is 11.8 Å². The van der Waals surface area contributed by atoms with Crippen LogP contribution in [0.4, 0.5) is 11.4 Å². The van der Waals surface area contributed by atoms with E-state index in [1.165, 1.54) is 4.90 Å². The van der Waals surface area contributed by atoms with Crippen molar-refractivity contribution < 1.29 is 9.59 Å². The number of hydrogen-bond acceptors (Lipinski definition) is 3. The normalized spacial score (nSPS) is 13.9. The molecule has 0 radical (unpaired) electrons. The lowest BCUT2D eigenvalue weighted by Gasteiger charge is -2.16. The molecule has 4 rings (SSSR count). The van der Waals surface area contributed by atoms with E-state index in [-0.39, 0.29) is 11.6 Å². The number of carbonyl (C=O) groups excluding carboxylic acids is 2. The van der Waals surface area contributed by atoms with Crippen LogP contribution < -0.4 is 10.2 Å². The van der Waals surface area contributed by atoms with Gasteiger partial charge in [-0.1, -0.05) is 53.0 Å². The first-order valence-corrected chi connectivity index (χ1v) is 10.1. The van der Waals surface area contributed by atoms with E-state index in [4.69, 9.17) is 23.2 Å². The van der Waals surface area contributed by atoms with E-state index in [0.717, 1.165) is 11.1 Å². The second-order valence-electron chi connectivity index (χ2n) is 7.12. The fourth-order valence-electron chi connectivity index (χ4n) is 3.36. The number of anilines is 2. The van der Waals surface area contributed by atoms with Crippen LogP contribution in [0.2, 0.25) is 10.0 Å². The lowest BCUT2D eigenvalue weighted by Crippen LogP contribution is -2.32. The van der Waals surface area contributed by atoms with Gasteiger partial charge in [-0.25, -0.2) is 4.90 Å². The SMILES string of the molecule is Cc1ccc(C2=C(Nc3ccc(Cl)cc3C)C(=O)N(c3ccc(Cl)cc3)C2=O)cc1. The number of halogens is 2. The minimum atomic E-state index is -0.424. The fourth-order valence-corrected chi connectivity index (χ4v) is 3.71. The van der Waals surface area contributed by atoms with Crippen molar-refractivity contribution in [3.05, 3.63) is 99.2 Å². The summed E-state index contributed by atoms with van der Waals surface area (Å²) in [6, 6.07) is 19.5. The molecule has 0 aliphatic carbocycles. The molecular weight excluding hydrogens is 419 g/mol. The Balaban J connectivity index is 1.83. The number of hydrogen-bond donors (Lipinski definition) is 1. The summed E-state index contributed by atoms with van der Waals surface area (Å²) >= 11 is 12.0. The number of nitrogens with zero attached hydrogens (tertiary/aromatic N) is 1. The molecule has 0 saturated heterocycles. The predicted octanol–water partition coefficient (Wildman–Crippen LogP) is 6.01. The zero-order valence-electron chi connectivity index (χ0n) is 16.4. The Labute approximate surface area is 184 Å². The lowest BCUT2D eigenvalue weighted by molar-refractivity contribution is -0.120. The third kappa shape index (κ3) is 3.72. The summed E-state index contributed by atoms with van der Waals surface area (Å²) in [5.74, 6) is -0.812. The van der Waals surface area contributed by atoms with Crippen molar-refractivity contribution in [1.29, 1.82) is 0 Å². The second kappa shape index (κ2) is 7.98. The molecule has 2 amide bonds. The highest BCUT2D eigenvalue weighted by Gasteiger charge is 2.40. The molecule has 0 aromatic heterocycles. The van der Waals surface area contributed by atoms with Gasteiger partial charge in [-0.15, -0.1) is 0 Å². The molecule has 1 aliphatic rings. The standard InChI is InChI=1S/C24H18Cl2N2O2/c1-14-3-5-16(6-4-14)21-22(27-20-12-9-18(26)13-15(20)2)24(30)28(23(21)29)19-10-7-17(25)8-11-19/h3-13,27H,1-2H3. The third-order valence-corrected chi connectivity index (χ3v) is 5.44. The largest absolute Gasteiger partial charge is 0.350 e.